The van der Waals surface area contributed by atoms with Crippen molar-refractivity contribution in [1.29, 1.82) is 0 Å². The van der Waals surface area contributed by atoms with Gasteiger partial charge in [0.2, 0.25) is 5.91 Å². The Balaban J connectivity index is 1.69. The van der Waals surface area contributed by atoms with E-state index < -0.39 is 29.7 Å². The Hall–Kier alpha value is -3.19. The molecule has 0 aliphatic heterocycles. The monoisotopic (exact) mass is 494 g/mol. The van der Waals surface area contributed by atoms with E-state index in [0.717, 1.165) is 22.3 Å². The molecule has 0 fully saturated rings. The second-order valence-electron chi connectivity index (χ2n) is 10.7. The van der Waals surface area contributed by atoms with Gasteiger partial charge in [-0.25, -0.2) is 4.79 Å². The van der Waals surface area contributed by atoms with Crippen LogP contribution in [-0.2, 0) is 19.1 Å². The third-order valence-corrected chi connectivity index (χ3v) is 6.15. The van der Waals surface area contributed by atoms with Gasteiger partial charge in [-0.2, -0.15) is 0 Å². The zero-order chi connectivity index (χ0) is 26.5. The largest absolute Gasteiger partial charge is 0.449 e. The van der Waals surface area contributed by atoms with Crippen LogP contribution in [0.25, 0.3) is 11.1 Å². The summed E-state index contributed by atoms with van der Waals surface area (Å²) in [6, 6.07) is 14.6. The second-order valence-corrected chi connectivity index (χ2v) is 10.7. The van der Waals surface area contributed by atoms with E-state index in [1.807, 2.05) is 71.0 Å². The van der Waals surface area contributed by atoms with Gasteiger partial charge in [-0.3, -0.25) is 9.59 Å². The van der Waals surface area contributed by atoms with Crippen LogP contribution in [0.2, 0.25) is 0 Å². The quantitative estimate of drug-likeness (QED) is 0.494. The molecule has 0 bridgehead atoms. The minimum absolute atomic E-state index is 0.0498. The predicted molar refractivity (Wildman–Crippen MR) is 140 cm³/mol. The third kappa shape index (κ3) is 7.17. The van der Waals surface area contributed by atoms with Gasteiger partial charge in [-0.05, 0) is 62.3 Å². The van der Waals surface area contributed by atoms with Crippen LogP contribution in [0.3, 0.4) is 0 Å². The van der Waals surface area contributed by atoms with Crippen molar-refractivity contribution in [3.63, 3.8) is 0 Å². The first-order valence-electron chi connectivity index (χ1n) is 12.5. The van der Waals surface area contributed by atoms with Crippen LogP contribution in [0.5, 0.6) is 0 Å². The molecule has 2 aromatic rings. The van der Waals surface area contributed by atoms with Gasteiger partial charge >= 0.3 is 6.09 Å². The molecule has 2 atom stereocenters. The first-order valence-corrected chi connectivity index (χ1v) is 12.5. The molecule has 0 spiro atoms. The first kappa shape index (κ1) is 27.4. The number of alkyl carbamates (subject to hydrolysis) is 1. The Morgan fingerprint density at radius 2 is 1.44 bits per heavy atom. The molecule has 3 rings (SSSR count). The van der Waals surface area contributed by atoms with E-state index in [2.05, 4.69) is 22.8 Å². The molecule has 0 aromatic heterocycles. The molecule has 0 heterocycles. The summed E-state index contributed by atoms with van der Waals surface area (Å²) in [7, 11) is 0. The maximum absolute atomic E-state index is 13.1. The molecule has 0 saturated carbocycles. The van der Waals surface area contributed by atoms with Gasteiger partial charge in [-0.15, -0.1) is 0 Å². The number of rotatable bonds is 10. The molecule has 0 unspecified atom stereocenters. The van der Waals surface area contributed by atoms with Gasteiger partial charge in [0, 0.05) is 5.92 Å². The second kappa shape index (κ2) is 11.7. The number of nitrogens with one attached hydrogen (secondary N) is 2. The molecule has 1 aliphatic carbocycles. The molecule has 194 valence electrons. The summed E-state index contributed by atoms with van der Waals surface area (Å²) in [5, 5.41) is 5.42. The SMILES string of the molecule is CC(=O)[C@H](CC(C)C)NC(=O)[C@H](COC(C)(C)C)NC(=O)OCC1c2ccccc2-c2ccccc21. The van der Waals surface area contributed by atoms with Crippen molar-refractivity contribution < 1.29 is 23.9 Å². The molecule has 0 saturated heterocycles. The molecule has 2 aromatic carbocycles. The van der Waals surface area contributed by atoms with E-state index in [1.54, 1.807) is 0 Å². The average molecular weight is 495 g/mol. The minimum atomic E-state index is -1.01. The van der Waals surface area contributed by atoms with Gasteiger partial charge in [-0.1, -0.05) is 62.4 Å². The van der Waals surface area contributed by atoms with E-state index in [4.69, 9.17) is 9.47 Å². The molecule has 0 radical (unpaired) electrons. The fourth-order valence-electron chi connectivity index (χ4n) is 4.37. The van der Waals surface area contributed by atoms with Crippen molar-refractivity contribution in [3.05, 3.63) is 59.7 Å². The van der Waals surface area contributed by atoms with Crippen molar-refractivity contribution in [2.45, 2.75) is 71.6 Å². The van der Waals surface area contributed by atoms with Gasteiger partial charge in [0.05, 0.1) is 18.2 Å². The van der Waals surface area contributed by atoms with E-state index in [1.165, 1.54) is 6.92 Å². The van der Waals surface area contributed by atoms with Gasteiger partial charge in [0.1, 0.15) is 12.6 Å². The van der Waals surface area contributed by atoms with Crippen LogP contribution in [0.15, 0.2) is 48.5 Å². The Bertz CT molecular complexity index is 1040. The standard InChI is InChI=1S/C29H38N2O5/c1-18(2)15-25(19(3)32)30-27(33)26(17-36-29(4,5)6)31-28(34)35-16-24-22-13-9-7-11-20(22)21-12-8-10-14-23(21)24/h7-14,18,24-26H,15-17H2,1-6H3,(H,30,33)(H,31,34)/t25-,26-/m0/s1. The molecule has 7 heteroatoms. The summed E-state index contributed by atoms with van der Waals surface area (Å²) in [6.07, 6.45) is -0.198. The summed E-state index contributed by atoms with van der Waals surface area (Å²) in [5.41, 5.74) is 3.97. The minimum Gasteiger partial charge on any atom is -0.449 e. The summed E-state index contributed by atoms with van der Waals surface area (Å²) in [5.74, 6) is -0.477. The Kier molecular flexibility index (Phi) is 8.90. The number of Topliss-reactive ketones (excluding diaryl/α,β-unsaturated/α-hetero) is 1. The fourth-order valence-corrected chi connectivity index (χ4v) is 4.37. The number of carbonyl (C=O) groups excluding carboxylic acids is 3. The highest BCUT2D eigenvalue weighted by molar-refractivity contribution is 5.91. The normalized spacial score (nSPS) is 14.5. The van der Waals surface area contributed by atoms with Crippen LogP contribution in [0, 0.1) is 5.92 Å². The summed E-state index contributed by atoms with van der Waals surface area (Å²) in [6.45, 7) is 11.1. The lowest BCUT2D eigenvalue weighted by atomic mass is 9.98. The number of carbonyl (C=O) groups is 3. The zero-order valence-electron chi connectivity index (χ0n) is 22.1. The number of amides is 2. The summed E-state index contributed by atoms with van der Waals surface area (Å²) < 4.78 is 11.4. The van der Waals surface area contributed by atoms with E-state index in [0.29, 0.717) is 6.42 Å². The lowest BCUT2D eigenvalue weighted by molar-refractivity contribution is -0.130. The Morgan fingerprint density at radius 1 is 0.889 bits per heavy atom. The number of benzene rings is 2. The number of ether oxygens (including phenoxy) is 2. The van der Waals surface area contributed by atoms with E-state index >= 15 is 0 Å². The van der Waals surface area contributed by atoms with E-state index in [-0.39, 0.29) is 30.8 Å². The summed E-state index contributed by atoms with van der Waals surface area (Å²) >= 11 is 0. The van der Waals surface area contributed by atoms with Crippen molar-refractivity contribution in [2.75, 3.05) is 13.2 Å². The van der Waals surface area contributed by atoms with Crippen molar-refractivity contribution in [1.82, 2.24) is 10.6 Å². The van der Waals surface area contributed by atoms with Crippen LogP contribution in [-0.4, -0.2) is 48.7 Å². The van der Waals surface area contributed by atoms with E-state index in [9.17, 15) is 14.4 Å². The topological polar surface area (TPSA) is 93.7 Å². The number of hydrogen-bond donors (Lipinski definition) is 2. The smallest absolute Gasteiger partial charge is 0.407 e. The molecule has 36 heavy (non-hydrogen) atoms. The highest BCUT2D eigenvalue weighted by Crippen LogP contribution is 2.44. The molecule has 2 amide bonds. The fraction of sp³-hybridized carbons (Fsp3) is 0.483. The number of fused-ring (bicyclic) bond motifs is 3. The van der Waals surface area contributed by atoms with Crippen molar-refractivity contribution in [2.24, 2.45) is 5.92 Å². The van der Waals surface area contributed by atoms with Crippen molar-refractivity contribution >= 4 is 17.8 Å². The molecule has 1 aliphatic rings. The van der Waals surface area contributed by atoms with Crippen LogP contribution in [0.1, 0.15) is 65.0 Å². The summed E-state index contributed by atoms with van der Waals surface area (Å²) in [4.78, 5) is 38.0. The Labute approximate surface area is 213 Å². The third-order valence-electron chi connectivity index (χ3n) is 6.15. The lowest BCUT2D eigenvalue weighted by Crippen LogP contribution is -2.54. The highest BCUT2D eigenvalue weighted by Gasteiger charge is 2.31. The highest BCUT2D eigenvalue weighted by atomic mass is 16.5. The van der Waals surface area contributed by atoms with Crippen LogP contribution >= 0.6 is 0 Å². The number of hydrogen-bond acceptors (Lipinski definition) is 5. The van der Waals surface area contributed by atoms with Crippen LogP contribution < -0.4 is 10.6 Å². The molecule has 2 N–H and O–H groups in total. The molecule has 7 nitrogen and oxygen atoms in total. The van der Waals surface area contributed by atoms with Crippen molar-refractivity contribution in [3.8, 4) is 11.1 Å². The average Bonchev–Trinajstić information content (AvgIpc) is 3.12. The number of ketones is 1. The lowest BCUT2D eigenvalue weighted by Gasteiger charge is -2.26. The molecular formula is C29H38N2O5. The maximum atomic E-state index is 13.1. The van der Waals surface area contributed by atoms with Crippen LogP contribution in [0.4, 0.5) is 4.79 Å². The molecular weight excluding hydrogens is 456 g/mol. The predicted octanol–water partition coefficient (Wildman–Crippen LogP) is 4.83. The van der Waals surface area contributed by atoms with Gasteiger partial charge < -0.3 is 20.1 Å². The maximum Gasteiger partial charge on any atom is 0.407 e. The van der Waals surface area contributed by atoms with Gasteiger partial charge in [0.15, 0.2) is 5.78 Å². The zero-order valence-corrected chi connectivity index (χ0v) is 22.1. The van der Waals surface area contributed by atoms with Gasteiger partial charge in [0.25, 0.3) is 0 Å². The Morgan fingerprint density at radius 3 is 1.94 bits per heavy atom. The first-order chi connectivity index (χ1) is 17.0.